The molecule has 0 amide bonds. The van der Waals surface area contributed by atoms with Gasteiger partial charge in [0.05, 0.1) is 23.5 Å². The number of piperazine rings is 1. The number of nitrogens with zero attached hydrogens (tertiary/aromatic N) is 6. The predicted molar refractivity (Wildman–Crippen MR) is 133 cm³/mol. The van der Waals surface area contributed by atoms with Crippen molar-refractivity contribution in [3.63, 3.8) is 0 Å². The number of fused-ring (bicyclic) bond motifs is 1. The fourth-order valence-corrected chi connectivity index (χ4v) is 3.62. The third-order valence-corrected chi connectivity index (χ3v) is 5.55. The Morgan fingerprint density at radius 3 is 2.02 bits per heavy atom. The molecule has 0 spiro atoms. The van der Waals surface area contributed by atoms with Gasteiger partial charge in [0.2, 0.25) is 0 Å². The SMILES string of the molecule is N#Cc1cnn2cc(-c3cn[nH]c3)cc(-c3ccc(N4CCNCC4)nc3)c12.O=C(O)C(F)(F)F.O=C(O)C(F)(F)F. The van der Waals surface area contributed by atoms with Crippen LogP contribution >= 0.6 is 0 Å². The van der Waals surface area contributed by atoms with E-state index in [4.69, 9.17) is 19.8 Å². The van der Waals surface area contributed by atoms with Crippen LogP contribution in [0.4, 0.5) is 32.2 Å². The van der Waals surface area contributed by atoms with Crippen molar-refractivity contribution < 1.29 is 46.1 Å². The van der Waals surface area contributed by atoms with Gasteiger partial charge in [-0.05, 0) is 18.2 Å². The first-order valence-corrected chi connectivity index (χ1v) is 11.6. The van der Waals surface area contributed by atoms with Gasteiger partial charge in [-0.1, -0.05) is 0 Å². The molecule has 1 aliphatic heterocycles. The number of halogens is 6. The van der Waals surface area contributed by atoms with Gasteiger partial charge in [0, 0.05) is 67.0 Å². The number of anilines is 1. The van der Waals surface area contributed by atoms with Gasteiger partial charge in [-0.15, -0.1) is 0 Å². The third kappa shape index (κ3) is 7.94. The summed E-state index contributed by atoms with van der Waals surface area (Å²) in [4.78, 5) is 24.8. The lowest BCUT2D eigenvalue weighted by molar-refractivity contribution is -0.193. The van der Waals surface area contributed by atoms with Crippen LogP contribution in [-0.4, -0.2) is 85.5 Å². The summed E-state index contributed by atoms with van der Waals surface area (Å²) in [5.41, 5.74) is 5.13. The molecule has 222 valence electrons. The van der Waals surface area contributed by atoms with Crippen LogP contribution in [0.1, 0.15) is 5.56 Å². The summed E-state index contributed by atoms with van der Waals surface area (Å²) < 4.78 is 65.2. The number of carboxylic acid groups (broad SMARTS) is 2. The van der Waals surface area contributed by atoms with E-state index < -0.39 is 24.3 Å². The number of pyridine rings is 2. The molecule has 0 saturated carbocycles. The van der Waals surface area contributed by atoms with E-state index >= 15 is 0 Å². The minimum absolute atomic E-state index is 0.542. The van der Waals surface area contributed by atoms with Crippen LogP contribution in [0, 0.1) is 11.3 Å². The minimum Gasteiger partial charge on any atom is -0.475 e. The van der Waals surface area contributed by atoms with Crippen LogP contribution < -0.4 is 10.2 Å². The number of aromatic nitrogens is 5. The van der Waals surface area contributed by atoms with Gasteiger partial charge >= 0.3 is 24.3 Å². The van der Waals surface area contributed by atoms with Crippen molar-refractivity contribution in [1.29, 1.82) is 5.26 Å². The van der Waals surface area contributed by atoms with Crippen molar-refractivity contribution in [1.82, 2.24) is 30.1 Å². The number of alkyl halides is 6. The van der Waals surface area contributed by atoms with Gasteiger partial charge in [-0.2, -0.15) is 41.8 Å². The summed E-state index contributed by atoms with van der Waals surface area (Å²) in [7, 11) is 0. The average molecular weight is 598 g/mol. The minimum atomic E-state index is -5.08. The van der Waals surface area contributed by atoms with Crippen molar-refractivity contribution >= 4 is 23.3 Å². The predicted octanol–water partition coefficient (Wildman–Crippen LogP) is 3.33. The quantitative estimate of drug-likeness (QED) is 0.256. The van der Waals surface area contributed by atoms with Crippen LogP contribution in [0.2, 0.25) is 0 Å². The molecule has 0 aliphatic carbocycles. The number of aromatic amines is 1. The number of carbonyl (C=O) groups is 2. The maximum absolute atomic E-state index is 10.6. The summed E-state index contributed by atoms with van der Waals surface area (Å²) in [5.74, 6) is -4.54. The Hall–Kier alpha value is -5.18. The lowest BCUT2D eigenvalue weighted by Gasteiger charge is -2.28. The summed E-state index contributed by atoms with van der Waals surface area (Å²) in [6, 6.07) is 8.41. The number of H-pyrrole nitrogens is 1. The first-order chi connectivity index (χ1) is 19.7. The Morgan fingerprint density at radius 1 is 0.929 bits per heavy atom. The normalized spacial score (nSPS) is 13.3. The van der Waals surface area contributed by atoms with Gasteiger partial charge in [-0.3, -0.25) is 5.10 Å². The van der Waals surface area contributed by atoms with E-state index in [-0.39, 0.29) is 0 Å². The Labute approximate surface area is 231 Å². The Morgan fingerprint density at radius 2 is 1.55 bits per heavy atom. The number of aliphatic carboxylic acids is 2. The van der Waals surface area contributed by atoms with Crippen LogP contribution in [0.5, 0.6) is 0 Å². The number of hydrogen-bond acceptors (Lipinski definition) is 8. The number of rotatable bonds is 3. The van der Waals surface area contributed by atoms with Crippen molar-refractivity contribution in [3.8, 4) is 28.3 Å². The first-order valence-electron chi connectivity index (χ1n) is 11.6. The highest BCUT2D eigenvalue weighted by molar-refractivity contribution is 5.87. The van der Waals surface area contributed by atoms with E-state index in [0.717, 1.165) is 59.8 Å². The molecule has 12 nitrogen and oxygen atoms in total. The highest BCUT2D eigenvalue weighted by Gasteiger charge is 2.38. The average Bonchev–Trinajstić information content (AvgIpc) is 3.63. The Balaban J connectivity index is 0.000000289. The molecule has 5 heterocycles. The van der Waals surface area contributed by atoms with Crippen LogP contribution in [0.15, 0.2) is 49.2 Å². The summed E-state index contributed by atoms with van der Waals surface area (Å²) in [5, 5.41) is 38.4. The van der Waals surface area contributed by atoms with E-state index in [1.165, 1.54) is 0 Å². The molecular formula is C24H20F6N8O4. The highest BCUT2D eigenvalue weighted by atomic mass is 19.4. The number of nitrogens with one attached hydrogen (secondary N) is 2. The fourth-order valence-electron chi connectivity index (χ4n) is 3.62. The second-order valence-electron chi connectivity index (χ2n) is 8.34. The van der Waals surface area contributed by atoms with E-state index in [9.17, 15) is 31.6 Å². The molecule has 1 aliphatic rings. The molecule has 0 radical (unpaired) electrons. The molecule has 0 aromatic carbocycles. The van der Waals surface area contributed by atoms with Gasteiger partial charge in [0.25, 0.3) is 0 Å². The second-order valence-corrected chi connectivity index (χ2v) is 8.34. The summed E-state index contributed by atoms with van der Waals surface area (Å²) >= 11 is 0. The highest BCUT2D eigenvalue weighted by Crippen LogP contribution is 2.32. The topological polar surface area (TPSA) is 173 Å². The molecule has 42 heavy (non-hydrogen) atoms. The van der Waals surface area contributed by atoms with E-state index in [1.807, 2.05) is 24.7 Å². The van der Waals surface area contributed by atoms with Crippen LogP contribution in [0.3, 0.4) is 0 Å². The maximum Gasteiger partial charge on any atom is 0.490 e. The number of hydrogen-bond donors (Lipinski definition) is 4. The number of nitriles is 1. The lowest BCUT2D eigenvalue weighted by atomic mass is 10.0. The van der Waals surface area contributed by atoms with Gasteiger partial charge in [0.15, 0.2) is 0 Å². The smallest absolute Gasteiger partial charge is 0.475 e. The molecule has 18 heteroatoms. The van der Waals surface area contributed by atoms with E-state index in [0.29, 0.717) is 5.56 Å². The lowest BCUT2D eigenvalue weighted by Crippen LogP contribution is -2.43. The summed E-state index contributed by atoms with van der Waals surface area (Å²) in [6.45, 7) is 3.85. The molecule has 1 saturated heterocycles. The van der Waals surface area contributed by atoms with Crippen LogP contribution in [0.25, 0.3) is 27.8 Å². The van der Waals surface area contributed by atoms with Crippen molar-refractivity contribution in [2.75, 3.05) is 31.1 Å². The molecule has 4 aromatic rings. The Kier molecular flexibility index (Phi) is 9.70. The molecule has 5 rings (SSSR count). The van der Waals surface area contributed by atoms with Crippen molar-refractivity contribution in [2.45, 2.75) is 12.4 Å². The largest absolute Gasteiger partial charge is 0.490 e. The molecule has 0 atom stereocenters. The third-order valence-electron chi connectivity index (χ3n) is 5.55. The monoisotopic (exact) mass is 598 g/mol. The van der Waals surface area contributed by atoms with Crippen LogP contribution in [-0.2, 0) is 9.59 Å². The molecule has 4 aromatic heterocycles. The number of carboxylic acids is 2. The second kappa shape index (κ2) is 13.0. The molecule has 1 fully saturated rings. The van der Waals surface area contributed by atoms with Gasteiger partial charge in [0.1, 0.15) is 11.9 Å². The molecule has 0 bridgehead atoms. The maximum atomic E-state index is 10.6. The van der Waals surface area contributed by atoms with E-state index in [2.05, 4.69) is 48.7 Å². The van der Waals surface area contributed by atoms with Crippen molar-refractivity contribution in [2.24, 2.45) is 0 Å². The van der Waals surface area contributed by atoms with Crippen molar-refractivity contribution in [3.05, 3.63) is 54.7 Å². The van der Waals surface area contributed by atoms with Gasteiger partial charge < -0.3 is 20.4 Å². The molecular weight excluding hydrogens is 578 g/mol. The zero-order chi connectivity index (χ0) is 31.1. The Bertz CT molecular complexity index is 1530. The first kappa shape index (κ1) is 31.3. The molecule has 0 unspecified atom stereocenters. The standard InChI is InChI=1S/C20H18N8.2C2HF3O2/c21-8-16-12-26-28-13-15(17-10-24-25-11-17)7-18(20(16)28)14-1-2-19(23-9-14)27-5-3-22-4-6-27;2*3-2(4,5)1(6)7/h1-2,7,9-13,22H,3-6H2,(H,24,25);2*(H,6,7). The van der Waals surface area contributed by atoms with E-state index in [1.54, 1.807) is 16.9 Å². The summed E-state index contributed by atoms with van der Waals surface area (Å²) in [6.07, 6.45) is -1.18. The molecule has 4 N–H and O–H groups in total. The fraction of sp³-hybridized carbons (Fsp3) is 0.250. The zero-order valence-electron chi connectivity index (χ0n) is 21.1. The zero-order valence-corrected chi connectivity index (χ0v) is 21.1. The van der Waals surface area contributed by atoms with Gasteiger partial charge in [-0.25, -0.2) is 19.1 Å².